The summed E-state index contributed by atoms with van der Waals surface area (Å²) in [7, 11) is 0. The predicted molar refractivity (Wildman–Crippen MR) is 82.1 cm³/mol. The highest BCUT2D eigenvalue weighted by atomic mass is 35.5. The van der Waals surface area contributed by atoms with Crippen LogP contribution in [0.4, 0.5) is 18.9 Å². The molecule has 1 aliphatic rings. The van der Waals surface area contributed by atoms with E-state index >= 15 is 0 Å². The van der Waals surface area contributed by atoms with Crippen molar-refractivity contribution in [1.29, 1.82) is 0 Å². The second kappa shape index (κ2) is 5.80. The monoisotopic (exact) mass is 337 g/mol. The fraction of sp³-hybridized carbons (Fsp3) is 0.176. The van der Waals surface area contributed by atoms with Gasteiger partial charge in [-0.3, -0.25) is 0 Å². The minimum atomic E-state index is -4.71. The van der Waals surface area contributed by atoms with Gasteiger partial charge in [0.2, 0.25) is 0 Å². The van der Waals surface area contributed by atoms with Crippen LogP contribution in [0.2, 0.25) is 5.02 Å². The Balaban J connectivity index is 2.18. The van der Waals surface area contributed by atoms with Crippen LogP contribution in [-0.2, 0) is 10.3 Å². The third-order valence-electron chi connectivity index (χ3n) is 3.47. The van der Waals surface area contributed by atoms with Gasteiger partial charge >= 0.3 is 6.18 Å². The lowest BCUT2D eigenvalue weighted by Crippen LogP contribution is -2.47. The maximum Gasteiger partial charge on any atom is 0.433 e. The van der Waals surface area contributed by atoms with E-state index in [2.05, 4.69) is 17.2 Å². The standard InChI is InChI=1S/C17H11ClF3NO/c18-13-6-7-15-14(10-13)16(17(19,20)21,23-11-22-15)9-8-12-4-2-1-3-5-12/h1-7,10,22H,11H2. The van der Waals surface area contributed by atoms with Gasteiger partial charge in [-0.1, -0.05) is 35.7 Å². The fourth-order valence-electron chi connectivity index (χ4n) is 2.35. The van der Waals surface area contributed by atoms with Gasteiger partial charge in [-0.15, -0.1) is 0 Å². The molecule has 6 heteroatoms. The molecule has 23 heavy (non-hydrogen) atoms. The molecule has 1 atom stereocenters. The second-order valence-electron chi connectivity index (χ2n) is 4.95. The summed E-state index contributed by atoms with van der Waals surface area (Å²) in [5.74, 6) is 4.84. The maximum absolute atomic E-state index is 13.8. The number of anilines is 1. The number of fused-ring (bicyclic) bond motifs is 1. The molecule has 0 saturated heterocycles. The van der Waals surface area contributed by atoms with Crippen LogP contribution in [-0.4, -0.2) is 12.9 Å². The lowest BCUT2D eigenvalue weighted by atomic mass is 9.90. The molecule has 2 nitrogen and oxygen atoms in total. The Morgan fingerprint density at radius 3 is 2.57 bits per heavy atom. The number of nitrogens with one attached hydrogen (secondary N) is 1. The van der Waals surface area contributed by atoms with Crippen molar-refractivity contribution in [2.75, 3.05) is 12.0 Å². The van der Waals surface area contributed by atoms with Gasteiger partial charge in [0.05, 0.1) is 0 Å². The van der Waals surface area contributed by atoms with E-state index in [-0.39, 0.29) is 17.3 Å². The highest BCUT2D eigenvalue weighted by molar-refractivity contribution is 6.30. The van der Waals surface area contributed by atoms with Gasteiger partial charge < -0.3 is 10.1 Å². The highest BCUT2D eigenvalue weighted by Crippen LogP contribution is 2.47. The van der Waals surface area contributed by atoms with Crippen molar-refractivity contribution in [3.63, 3.8) is 0 Å². The molecule has 1 N–H and O–H groups in total. The molecule has 1 aliphatic heterocycles. The molecule has 118 valence electrons. The molecule has 0 radical (unpaired) electrons. The van der Waals surface area contributed by atoms with Crippen LogP contribution >= 0.6 is 11.6 Å². The number of hydrogen-bond donors (Lipinski definition) is 1. The van der Waals surface area contributed by atoms with Gasteiger partial charge in [0, 0.05) is 21.8 Å². The highest BCUT2D eigenvalue weighted by Gasteiger charge is 2.59. The van der Waals surface area contributed by atoms with Gasteiger partial charge in [-0.25, -0.2) is 0 Å². The Bertz CT molecular complexity index is 780. The number of alkyl halides is 3. The molecular formula is C17H11ClF3NO. The summed E-state index contributed by atoms with van der Waals surface area (Å²) in [6, 6.07) is 12.7. The SMILES string of the molecule is FC(F)(F)C1(C#Cc2ccccc2)OCNc2ccc(Cl)cc21. The number of benzene rings is 2. The number of hydrogen-bond acceptors (Lipinski definition) is 2. The van der Waals surface area contributed by atoms with Gasteiger partial charge in [0.15, 0.2) is 0 Å². The Labute approximate surface area is 136 Å². The predicted octanol–water partition coefficient (Wildman–Crippen LogP) is 4.55. The van der Waals surface area contributed by atoms with E-state index in [1.165, 1.54) is 18.2 Å². The summed E-state index contributed by atoms with van der Waals surface area (Å²) < 4.78 is 46.5. The maximum atomic E-state index is 13.8. The Hall–Kier alpha value is -2.16. The Kier molecular flexibility index (Phi) is 3.97. The zero-order valence-corrected chi connectivity index (χ0v) is 12.5. The molecule has 0 fully saturated rings. The van der Waals surface area contributed by atoms with E-state index in [1.807, 2.05) is 0 Å². The van der Waals surface area contributed by atoms with Crippen molar-refractivity contribution in [3.05, 3.63) is 64.7 Å². The van der Waals surface area contributed by atoms with Crippen LogP contribution in [0.5, 0.6) is 0 Å². The zero-order chi connectivity index (χ0) is 16.5. The van der Waals surface area contributed by atoms with Gasteiger partial charge in [0.25, 0.3) is 5.60 Å². The molecule has 3 rings (SSSR count). The molecule has 0 bridgehead atoms. The molecule has 0 amide bonds. The van der Waals surface area contributed by atoms with E-state index in [0.717, 1.165) is 0 Å². The van der Waals surface area contributed by atoms with Crippen molar-refractivity contribution in [1.82, 2.24) is 0 Å². The third-order valence-corrected chi connectivity index (χ3v) is 3.70. The lowest BCUT2D eigenvalue weighted by Gasteiger charge is -2.36. The largest absolute Gasteiger partial charge is 0.433 e. The lowest BCUT2D eigenvalue weighted by molar-refractivity contribution is -0.259. The molecule has 1 heterocycles. The van der Waals surface area contributed by atoms with E-state index in [1.54, 1.807) is 30.3 Å². The molecule has 2 aromatic carbocycles. The van der Waals surface area contributed by atoms with Gasteiger partial charge in [0.1, 0.15) is 6.73 Å². The van der Waals surface area contributed by atoms with Crippen LogP contribution in [0.25, 0.3) is 0 Å². The molecule has 0 aromatic heterocycles. The summed E-state index contributed by atoms with van der Waals surface area (Å²) in [6.07, 6.45) is -4.71. The average molecular weight is 338 g/mol. The molecule has 0 aliphatic carbocycles. The average Bonchev–Trinajstić information content (AvgIpc) is 2.53. The zero-order valence-electron chi connectivity index (χ0n) is 11.7. The Morgan fingerprint density at radius 2 is 1.87 bits per heavy atom. The Morgan fingerprint density at radius 1 is 1.13 bits per heavy atom. The van der Waals surface area contributed by atoms with Crippen LogP contribution in [0.1, 0.15) is 11.1 Å². The first-order valence-electron chi connectivity index (χ1n) is 6.75. The van der Waals surface area contributed by atoms with Crippen molar-refractivity contribution in [2.45, 2.75) is 11.8 Å². The molecule has 0 saturated carbocycles. The third kappa shape index (κ3) is 2.88. The van der Waals surface area contributed by atoms with Crippen LogP contribution < -0.4 is 5.32 Å². The van der Waals surface area contributed by atoms with Crippen LogP contribution in [0, 0.1) is 11.8 Å². The van der Waals surface area contributed by atoms with Crippen LogP contribution in [0.3, 0.4) is 0 Å². The quantitative estimate of drug-likeness (QED) is 0.712. The van der Waals surface area contributed by atoms with Crippen LogP contribution in [0.15, 0.2) is 48.5 Å². The first-order chi connectivity index (χ1) is 10.9. The van der Waals surface area contributed by atoms with Crippen molar-refractivity contribution >= 4 is 17.3 Å². The number of halogens is 4. The second-order valence-corrected chi connectivity index (χ2v) is 5.39. The summed E-state index contributed by atoms with van der Waals surface area (Å²) in [5, 5.41) is 2.95. The normalized spacial score (nSPS) is 20.0. The van der Waals surface area contributed by atoms with Crippen molar-refractivity contribution in [2.24, 2.45) is 0 Å². The molecule has 1 unspecified atom stereocenters. The van der Waals surface area contributed by atoms with E-state index in [4.69, 9.17) is 16.3 Å². The summed E-state index contributed by atoms with van der Waals surface area (Å²) in [4.78, 5) is 0. The molecular weight excluding hydrogens is 327 g/mol. The number of ether oxygens (including phenoxy) is 1. The minimum absolute atomic E-state index is 0.132. The van der Waals surface area contributed by atoms with E-state index in [0.29, 0.717) is 11.3 Å². The van der Waals surface area contributed by atoms with Crippen molar-refractivity contribution in [3.8, 4) is 11.8 Å². The smallest absolute Gasteiger partial charge is 0.362 e. The van der Waals surface area contributed by atoms with E-state index in [9.17, 15) is 13.2 Å². The summed E-state index contributed by atoms with van der Waals surface area (Å²) >= 11 is 5.87. The first kappa shape index (κ1) is 15.7. The molecule has 0 spiro atoms. The minimum Gasteiger partial charge on any atom is -0.362 e. The number of rotatable bonds is 0. The van der Waals surface area contributed by atoms with Gasteiger partial charge in [-0.05, 0) is 36.3 Å². The van der Waals surface area contributed by atoms with E-state index < -0.39 is 11.8 Å². The fourth-order valence-corrected chi connectivity index (χ4v) is 2.52. The molecule has 2 aromatic rings. The van der Waals surface area contributed by atoms with Gasteiger partial charge in [-0.2, -0.15) is 13.2 Å². The summed E-state index contributed by atoms with van der Waals surface area (Å²) in [6.45, 7) is -0.294. The summed E-state index contributed by atoms with van der Waals surface area (Å²) in [5.41, 5.74) is -2.07. The topological polar surface area (TPSA) is 21.3 Å². The van der Waals surface area contributed by atoms with Crippen molar-refractivity contribution < 1.29 is 17.9 Å². The first-order valence-corrected chi connectivity index (χ1v) is 7.13.